The number of halogens is 6. The van der Waals surface area contributed by atoms with Crippen molar-refractivity contribution >= 4 is 34.5 Å². The van der Waals surface area contributed by atoms with E-state index in [1.54, 1.807) is 24.4 Å². The lowest BCUT2D eigenvalue weighted by Gasteiger charge is -2.21. The number of nitrogen functional groups attached to an aromatic ring is 1. The average molecular weight is 514 g/mol. The summed E-state index contributed by atoms with van der Waals surface area (Å²) >= 11 is 12.5. The summed E-state index contributed by atoms with van der Waals surface area (Å²) in [4.78, 5) is 11.9. The molecule has 3 heterocycles. The van der Waals surface area contributed by atoms with Gasteiger partial charge in [-0.3, -0.25) is 9.38 Å². The second kappa shape index (κ2) is 8.92. The SMILES string of the molecule is CCOc1c(C(C)c2nc(Cl)c3c(N)nccn23)cc(F)c(Cl)c1-c1ccc(C(F)(F)F)nc1. The van der Waals surface area contributed by atoms with E-state index in [0.717, 1.165) is 12.3 Å². The van der Waals surface area contributed by atoms with Gasteiger partial charge in [-0.25, -0.2) is 14.4 Å². The topological polar surface area (TPSA) is 78.3 Å². The van der Waals surface area contributed by atoms with Gasteiger partial charge in [0.05, 0.1) is 11.6 Å². The normalized spacial score (nSPS) is 12.8. The van der Waals surface area contributed by atoms with E-state index >= 15 is 4.39 Å². The van der Waals surface area contributed by atoms with Crippen molar-refractivity contribution in [3.8, 4) is 16.9 Å². The highest BCUT2D eigenvalue weighted by molar-refractivity contribution is 6.34. The third kappa shape index (κ3) is 4.12. The van der Waals surface area contributed by atoms with Gasteiger partial charge < -0.3 is 10.5 Å². The van der Waals surface area contributed by atoms with Crippen LogP contribution in [0.4, 0.5) is 23.4 Å². The van der Waals surface area contributed by atoms with Crippen molar-refractivity contribution in [2.75, 3.05) is 12.3 Å². The molecule has 0 spiro atoms. The van der Waals surface area contributed by atoms with E-state index < -0.39 is 23.6 Å². The molecule has 0 aliphatic carbocycles. The predicted molar refractivity (Wildman–Crippen MR) is 121 cm³/mol. The first kappa shape index (κ1) is 24.0. The molecule has 0 saturated heterocycles. The van der Waals surface area contributed by atoms with Gasteiger partial charge in [-0.2, -0.15) is 13.2 Å². The van der Waals surface area contributed by atoms with E-state index in [9.17, 15) is 13.2 Å². The van der Waals surface area contributed by atoms with Crippen molar-refractivity contribution in [1.82, 2.24) is 19.4 Å². The fourth-order valence-corrected chi connectivity index (χ4v) is 4.23. The fraction of sp³-hybridized carbons (Fsp3) is 0.227. The summed E-state index contributed by atoms with van der Waals surface area (Å²) in [5.41, 5.74) is 5.84. The Morgan fingerprint density at radius 2 is 1.94 bits per heavy atom. The Hall–Kier alpha value is -3.11. The van der Waals surface area contributed by atoms with Gasteiger partial charge in [0.2, 0.25) is 0 Å². The Bertz CT molecular complexity index is 1370. The molecular weight excluding hydrogens is 497 g/mol. The van der Waals surface area contributed by atoms with E-state index in [2.05, 4.69) is 15.0 Å². The van der Waals surface area contributed by atoms with Gasteiger partial charge in [0.25, 0.3) is 0 Å². The molecule has 12 heteroatoms. The molecule has 1 unspecified atom stereocenters. The summed E-state index contributed by atoms with van der Waals surface area (Å²) in [6.45, 7) is 3.65. The number of benzene rings is 1. The summed E-state index contributed by atoms with van der Waals surface area (Å²) in [6.07, 6.45) is -0.551. The number of anilines is 1. The maximum atomic E-state index is 15.0. The van der Waals surface area contributed by atoms with Crippen LogP contribution in [-0.4, -0.2) is 26.0 Å². The molecule has 178 valence electrons. The number of nitrogens with zero attached hydrogens (tertiary/aromatic N) is 4. The molecule has 0 saturated carbocycles. The molecule has 0 aliphatic heterocycles. The Morgan fingerprint density at radius 1 is 1.21 bits per heavy atom. The van der Waals surface area contributed by atoms with Gasteiger partial charge in [0, 0.05) is 41.2 Å². The zero-order valence-electron chi connectivity index (χ0n) is 17.8. The number of aromatic nitrogens is 4. The van der Waals surface area contributed by atoms with E-state index in [1.165, 1.54) is 18.3 Å². The Kier molecular flexibility index (Phi) is 6.30. The number of rotatable bonds is 5. The Balaban J connectivity index is 1.93. The van der Waals surface area contributed by atoms with Crippen molar-refractivity contribution in [3.63, 3.8) is 0 Å². The van der Waals surface area contributed by atoms with Crippen LogP contribution in [0.2, 0.25) is 10.2 Å². The number of imidazole rings is 1. The molecule has 4 rings (SSSR count). The predicted octanol–water partition coefficient (Wildman–Crippen LogP) is 6.39. The summed E-state index contributed by atoms with van der Waals surface area (Å²) < 4.78 is 61.4. The molecular formula is C22H17Cl2F4N5O. The number of fused-ring (bicyclic) bond motifs is 1. The van der Waals surface area contributed by atoms with Crippen molar-refractivity contribution in [3.05, 3.63) is 69.9 Å². The minimum Gasteiger partial charge on any atom is -0.493 e. The number of ether oxygens (including phenoxy) is 1. The molecule has 1 atom stereocenters. The highest BCUT2D eigenvalue weighted by Gasteiger charge is 2.33. The molecule has 2 N–H and O–H groups in total. The molecule has 4 aromatic rings. The van der Waals surface area contributed by atoms with Gasteiger partial charge >= 0.3 is 6.18 Å². The summed E-state index contributed by atoms with van der Waals surface area (Å²) in [5.74, 6) is -0.584. The monoisotopic (exact) mass is 513 g/mol. The highest BCUT2D eigenvalue weighted by atomic mass is 35.5. The van der Waals surface area contributed by atoms with E-state index in [4.69, 9.17) is 33.7 Å². The van der Waals surface area contributed by atoms with Crippen LogP contribution in [0.1, 0.15) is 36.8 Å². The van der Waals surface area contributed by atoms with E-state index in [-0.39, 0.29) is 39.5 Å². The third-order valence-corrected chi connectivity index (χ3v) is 5.89. The number of pyridine rings is 1. The standard InChI is InChI=1S/C22H17Cl2F4N5O/c1-3-34-18-12(10(2)21-32-19(24)17-20(29)30-6-7-33(17)21)8-13(25)16(23)15(18)11-4-5-14(31-9-11)22(26,27)28/h4-10H,3H2,1-2H3,(H2,29,30). The fourth-order valence-electron chi connectivity index (χ4n) is 3.70. The van der Waals surface area contributed by atoms with Crippen LogP contribution in [0.3, 0.4) is 0 Å². The van der Waals surface area contributed by atoms with Crippen molar-refractivity contribution in [2.24, 2.45) is 0 Å². The molecule has 0 aliphatic rings. The molecule has 0 radical (unpaired) electrons. The number of nitrogens with two attached hydrogens (primary N) is 1. The van der Waals surface area contributed by atoms with Crippen molar-refractivity contribution in [1.29, 1.82) is 0 Å². The van der Waals surface area contributed by atoms with Gasteiger partial charge in [0.15, 0.2) is 11.0 Å². The molecule has 1 aromatic carbocycles. The van der Waals surface area contributed by atoms with Gasteiger partial charge in [0.1, 0.15) is 28.6 Å². The van der Waals surface area contributed by atoms with Crippen molar-refractivity contribution < 1.29 is 22.3 Å². The maximum absolute atomic E-state index is 15.0. The number of alkyl halides is 3. The molecule has 34 heavy (non-hydrogen) atoms. The molecule has 6 nitrogen and oxygen atoms in total. The van der Waals surface area contributed by atoms with E-state index in [1.807, 2.05) is 0 Å². The maximum Gasteiger partial charge on any atom is 0.433 e. The largest absolute Gasteiger partial charge is 0.493 e. The molecule has 0 amide bonds. The summed E-state index contributed by atoms with van der Waals surface area (Å²) in [7, 11) is 0. The van der Waals surface area contributed by atoms with Crippen LogP contribution >= 0.6 is 23.2 Å². The van der Waals surface area contributed by atoms with Crippen LogP contribution in [0.25, 0.3) is 16.6 Å². The van der Waals surface area contributed by atoms with Crippen LogP contribution < -0.4 is 10.5 Å². The second-order valence-electron chi connectivity index (χ2n) is 7.34. The van der Waals surface area contributed by atoms with Crippen LogP contribution in [0.15, 0.2) is 36.8 Å². The van der Waals surface area contributed by atoms with Gasteiger partial charge in [-0.1, -0.05) is 36.2 Å². The molecule has 3 aromatic heterocycles. The zero-order valence-corrected chi connectivity index (χ0v) is 19.3. The minimum atomic E-state index is -4.62. The lowest BCUT2D eigenvalue weighted by molar-refractivity contribution is -0.141. The smallest absolute Gasteiger partial charge is 0.433 e. The summed E-state index contributed by atoms with van der Waals surface area (Å²) in [6, 6.07) is 3.17. The second-order valence-corrected chi connectivity index (χ2v) is 8.08. The highest BCUT2D eigenvalue weighted by Crippen LogP contribution is 2.45. The first-order chi connectivity index (χ1) is 16.0. The molecule has 0 fully saturated rings. The Labute approximate surface area is 201 Å². The minimum absolute atomic E-state index is 0.0831. The zero-order chi connectivity index (χ0) is 24.8. The first-order valence-electron chi connectivity index (χ1n) is 10.0. The number of hydrogen-bond acceptors (Lipinski definition) is 5. The third-order valence-electron chi connectivity index (χ3n) is 5.25. The van der Waals surface area contributed by atoms with Crippen LogP contribution in [0.5, 0.6) is 5.75 Å². The van der Waals surface area contributed by atoms with Gasteiger partial charge in [-0.15, -0.1) is 0 Å². The number of hydrogen-bond donors (Lipinski definition) is 1. The van der Waals surface area contributed by atoms with E-state index in [0.29, 0.717) is 16.9 Å². The van der Waals surface area contributed by atoms with Gasteiger partial charge in [-0.05, 0) is 19.1 Å². The summed E-state index contributed by atoms with van der Waals surface area (Å²) in [5, 5.41) is -0.188. The Morgan fingerprint density at radius 3 is 2.56 bits per heavy atom. The molecule has 0 bridgehead atoms. The van der Waals surface area contributed by atoms with Crippen LogP contribution in [-0.2, 0) is 6.18 Å². The van der Waals surface area contributed by atoms with Crippen molar-refractivity contribution in [2.45, 2.75) is 25.9 Å². The average Bonchev–Trinajstić information content (AvgIpc) is 3.13. The van der Waals surface area contributed by atoms with Crippen LogP contribution in [0, 0.1) is 5.82 Å². The quantitative estimate of drug-likeness (QED) is 0.313. The lowest BCUT2D eigenvalue weighted by Crippen LogP contribution is -2.09. The lowest BCUT2D eigenvalue weighted by atomic mass is 9.93. The first-order valence-corrected chi connectivity index (χ1v) is 10.8.